The zero-order chi connectivity index (χ0) is 22.0. The van der Waals surface area contributed by atoms with Crippen molar-refractivity contribution in [2.75, 3.05) is 6.54 Å². The van der Waals surface area contributed by atoms with Gasteiger partial charge in [-0.15, -0.1) is 0 Å². The summed E-state index contributed by atoms with van der Waals surface area (Å²) in [5.74, 6) is 5.76. The molecule has 5 rings (SSSR count). The Bertz CT molecular complexity index is 842. The second-order valence-corrected chi connectivity index (χ2v) is 12.0. The van der Waals surface area contributed by atoms with E-state index in [1.165, 1.54) is 44.6 Å². The van der Waals surface area contributed by atoms with Crippen molar-refractivity contribution in [2.45, 2.75) is 70.8 Å². The van der Waals surface area contributed by atoms with Crippen LogP contribution in [-0.2, 0) is 4.79 Å². The molecule has 4 N–H and O–H groups in total. The fourth-order valence-electron chi connectivity index (χ4n) is 9.17. The maximum Gasteiger partial charge on any atom is 0.191 e. The molecular formula is C26H38N3O2+. The molecule has 5 saturated carbocycles. The van der Waals surface area contributed by atoms with E-state index < -0.39 is 5.60 Å². The van der Waals surface area contributed by atoms with E-state index in [4.69, 9.17) is 10.7 Å². The molecule has 10 atom stereocenters. The number of nitrogens with two attached hydrogens (primary N) is 1. The zero-order valence-electron chi connectivity index (χ0n) is 19.0. The lowest BCUT2D eigenvalue weighted by Crippen LogP contribution is -2.80. The molecule has 0 aliphatic heterocycles. The number of allylic oxidation sites excluding steroid dienone is 1. The van der Waals surface area contributed by atoms with Crippen molar-refractivity contribution in [1.29, 1.82) is 10.7 Å². The summed E-state index contributed by atoms with van der Waals surface area (Å²) in [6, 6.07) is 1.79. The molecule has 0 aromatic heterocycles. The Labute approximate surface area is 186 Å². The molecule has 0 amide bonds. The van der Waals surface area contributed by atoms with Crippen molar-refractivity contribution in [3.63, 3.8) is 0 Å². The molecule has 0 bridgehead atoms. The minimum Gasteiger partial charge on any atom is -0.390 e. The smallest absolute Gasteiger partial charge is 0.191 e. The van der Waals surface area contributed by atoms with Gasteiger partial charge < -0.3 is 10.4 Å². The van der Waals surface area contributed by atoms with Crippen LogP contribution in [0.1, 0.15) is 65.2 Å². The summed E-state index contributed by atoms with van der Waals surface area (Å²) >= 11 is 0. The maximum atomic E-state index is 13.3. The molecule has 5 nitrogen and oxygen atoms in total. The van der Waals surface area contributed by atoms with Crippen LogP contribution in [-0.4, -0.2) is 28.7 Å². The lowest BCUT2D eigenvalue weighted by atomic mass is 9.48. The molecule has 5 heteroatoms. The number of ketones is 1. The summed E-state index contributed by atoms with van der Waals surface area (Å²) in [7, 11) is 0. The van der Waals surface area contributed by atoms with E-state index in [1.807, 2.05) is 12.2 Å². The van der Waals surface area contributed by atoms with E-state index in [9.17, 15) is 9.90 Å². The van der Waals surface area contributed by atoms with Gasteiger partial charge in [-0.2, -0.15) is 5.26 Å². The molecule has 0 heterocycles. The predicted molar refractivity (Wildman–Crippen MR) is 118 cm³/mol. The fraction of sp³-hybridized carbons (Fsp3) is 0.808. The Kier molecular flexibility index (Phi) is 5.18. The zero-order valence-corrected chi connectivity index (χ0v) is 19.0. The number of Topliss-reactive ketones (excluding diaryl/α,β-unsaturated/α-hetero) is 1. The first-order chi connectivity index (χ1) is 14.7. The van der Waals surface area contributed by atoms with Crippen molar-refractivity contribution in [1.82, 2.24) is 0 Å². The molecule has 10 unspecified atom stereocenters. The summed E-state index contributed by atoms with van der Waals surface area (Å²) < 4.78 is 0. The average molecular weight is 425 g/mol. The number of carbonyl (C=O) groups excluding carboxylic acids is 1. The quantitative estimate of drug-likeness (QED) is 0.591. The molecule has 0 spiro atoms. The third kappa shape index (κ3) is 3.51. The lowest BCUT2D eigenvalue weighted by Gasteiger charge is -2.57. The van der Waals surface area contributed by atoms with Crippen LogP contribution in [0.4, 0.5) is 0 Å². The largest absolute Gasteiger partial charge is 0.390 e. The van der Waals surface area contributed by atoms with Crippen molar-refractivity contribution >= 4 is 11.5 Å². The second-order valence-electron chi connectivity index (χ2n) is 12.0. The summed E-state index contributed by atoms with van der Waals surface area (Å²) in [5.41, 5.74) is -0.368. The first-order valence-corrected chi connectivity index (χ1v) is 12.5. The fourth-order valence-corrected chi connectivity index (χ4v) is 9.17. The maximum absolute atomic E-state index is 13.3. The number of aliphatic hydroxyl groups is 1. The lowest BCUT2D eigenvalue weighted by molar-refractivity contribution is -0.576. The number of quaternary nitrogens is 1. The van der Waals surface area contributed by atoms with Crippen molar-refractivity contribution in [3.8, 4) is 6.07 Å². The van der Waals surface area contributed by atoms with E-state index in [1.54, 1.807) is 12.3 Å². The van der Waals surface area contributed by atoms with Crippen LogP contribution < -0.4 is 5.32 Å². The second kappa shape index (κ2) is 7.52. The van der Waals surface area contributed by atoms with Crippen molar-refractivity contribution in [2.24, 2.45) is 52.8 Å². The minimum atomic E-state index is -0.458. The first kappa shape index (κ1) is 21.3. The number of fused-ring (bicyclic) bond motifs is 7. The number of carbonyl (C=O) groups is 1. The minimum absolute atomic E-state index is 0.0722. The summed E-state index contributed by atoms with van der Waals surface area (Å²) in [5, 5.41) is 28.5. The van der Waals surface area contributed by atoms with E-state index in [0.29, 0.717) is 24.2 Å². The van der Waals surface area contributed by atoms with Gasteiger partial charge in [0.2, 0.25) is 0 Å². The highest BCUT2D eigenvalue weighted by Gasteiger charge is 2.70. The van der Waals surface area contributed by atoms with Crippen LogP contribution in [0.2, 0.25) is 0 Å². The number of hydrogen-bond donors (Lipinski definition) is 3. The van der Waals surface area contributed by atoms with Gasteiger partial charge in [-0.25, -0.2) is 0 Å². The number of nitriles is 1. The molecule has 5 aliphatic rings. The van der Waals surface area contributed by atoms with Gasteiger partial charge in [0.25, 0.3) is 0 Å². The molecular weight excluding hydrogens is 386 g/mol. The van der Waals surface area contributed by atoms with Crippen LogP contribution in [0.3, 0.4) is 0 Å². The van der Waals surface area contributed by atoms with Gasteiger partial charge in [-0.3, -0.25) is 10.2 Å². The standard InChI is InChI=1S/C26H37N3O2/c1-25(31)8-5-17-15(12-25)3-4-19-18(17)6-9-26(2)23(19)20-11-21(20)24(26)22(30)14-29-10-7-16(28)13-27/h7,10,15,17-21,23-24,28-29,31H,3-6,8-9,11-12,14H2,1-2H3/p+1. The predicted octanol–water partition coefficient (Wildman–Crippen LogP) is 3.05. The molecule has 0 saturated heterocycles. The summed E-state index contributed by atoms with van der Waals surface area (Å²) in [6.45, 7) is 4.89. The number of nitrogens with zero attached hydrogens (tertiary/aromatic N) is 1. The van der Waals surface area contributed by atoms with Gasteiger partial charge >= 0.3 is 0 Å². The Morgan fingerprint density at radius 2 is 1.90 bits per heavy atom. The molecule has 5 fully saturated rings. The van der Waals surface area contributed by atoms with Gasteiger partial charge in [0.05, 0.1) is 11.8 Å². The molecule has 168 valence electrons. The van der Waals surface area contributed by atoms with E-state index in [0.717, 1.165) is 42.4 Å². The van der Waals surface area contributed by atoms with E-state index in [-0.39, 0.29) is 17.0 Å². The van der Waals surface area contributed by atoms with Gasteiger partial charge in [0, 0.05) is 12.0 Å². The molecule has 31 heavy (non-hydrogen) atoms. The third-order valence-corrected chi connectivity index (χ3v) is 10.2. The Morgan fingerprint density at radius 3 is 2.68 bits per heavy atom. The number of rotatable bonds is 5. The molecule has 0 aromatic rings. The highest BCUT2D eigenvalue weighted by atomic mass is 16.3. The van der Waals surface area contributed by atoms with Crippen LogP contribution in [0, 0.1) is 69.5 Å². The highest BCUT2D eigenvalue weighted by Crippen LogP contribution is 2.74. The van der Waals surface area contributed by atoms with Crippen LogP contribution in [0.15, 0.2) is 12.3 Å². The normalized spacial score (nSPS) is 50.0. The summed E-state index contributed by atoms with van der Waals surface area (Å²) in [4.78, 5) is 13.3. The van der Waals surface area contributed by atoms with Gasteiger partial charge in [0.1, 0.15) is 18.3 Å². The Morgan fingerprint density at radius 1 is 1.13 bits per heavy atom. The number of hydrogen-bond acceptors (Lipinski definition) is 4. The molecule has 0 radical (unpaired) electrons. The SMILES string of the molecule is CC1(O)CCC2C(CCC3C2CCC2(C)C(C(=O)C[NH2+]C=CC(=N)C#N)C4CC4C32)C1. The van der Waals surface area contributed by atoms with E-state index >= 15 is 0 Å². The highest BCUT2D eigenvalue weighted by molar-refractivity contribution is 6.04. The third-order valence-electron chi connectivity index (χ3n) is 10.2. The van der Waals surface area contributed by atoms with Crippen LogP contribution in [0.25, 0.3) is 0 Å². The van der Waals surface area contributed by atoms with Crippen LogP contribution >= 0.6 is 0 Å². The first-order valence-electron chi connectivity index (χ1n) is 12.5. The summed E-state index contributed by atoms with van der Waals surface area (Å²) in [6.07, 6.45) is 12.6. The van der Waals surface area contributed by atoms with Crippen molar-refractivity contribution in [3.05, 3.63) is 12.3 Å². The topological polar surface area (TPSA) is 102 Å². The van der Waals surface area contributed by atoms with Gasteiger partial charge in [-0.05, 0) is 105 Å². The van der Waals surface area contributed by atoms with E-state index in [2.05, 4.69) is 6.92 Å². The number of nitrogens with one attached hydrogen (secondary N) is 1. The molecule has 5 aliphatic carbocycles. The average Bonchev–Trinajstić information content (AvgIpc) is 3.43. The van der Waals surface area contributed by atoms with Gasteiger partial charge in [0.15, 0.2) is 5.78 Å². The molecule has 0 aromatic carbocycles. The van der Waals surface area contributed by atoms with Gasteiger partial charge in [-0.1, -0.05) is 6.92 Å². The van der Waals surface area contributed by atoms with Crippen LogP contribution in [0.5, 0.6) is 0 Å². The van der Waals surface area contributed by atoms with Crippen molar-refractivity contribution < 1.29 is 15.2 Å². The Balaban J connectivity index is 1.29. The monoisotopic (exact) mass is 424 g/mol. The Hall–Kier alpha value is -1.51.